The Morgan fingerprint density at radius 2 is 2.07 bits per heavy atom. The lowest BCUT2D eigenvalue weighted by molar-refractivity contribution is 0.842. The van der Waals surface area contributed by atoms with Gasteiger partial charge in [-0.3, -0.25) is 0 Å². The van der Waals surface area contributed by atoms with Crippen LogP contribution in [0.15, 0.2) is 24.5 Å². The zero-order valence-corrected chi connectivity index (χ0v) is 8.23. The van der Waals surface area contributed by atoms with E-state index in [4.69, 9.17) is 5.73 Å². The molecule has 0 aromatic carbocycles. The molecule has 0 saturated carbocycles. The summed E-state index contributed by atoms with van der Waals surface area (Å²) in [4.78, 5) is 4.25. The molecular formula is C10H12N4. The predicted molar refractivity (Wildman–Crippen MR) is 55.2 cm³/mol. The minimum Gasteiger partial charge on any atom is -0.382 e. The summed E-state index contributed by atoms with van der Waals surface area (Å²) in [6.07, 6.45) is 3.63. The van der Waals surface area contributed by atoms with Crippen molar-refractivity contribution in [1.82, 2.24) is 14.8 Å². The standard InChI is InChI=1S/C10H12N4/c1-7-4-3-5-12-10(7)14-6-8(2)9(11)13-14/h3-6H,1-2H3,(H2,11,13). The molecule has 0 aliphatic rings. The highest BCUT2D eigenvalue weighted by atomic mass is 15.3. The number of nitrogen functional groups attached to an aromatic ring is 1. The summed E-state index contributed by atoms with van der Waals surface area (Å²) < 4.78 is 1.71. The van der Waals surface area contributed by atoms with Crippen LogP contribution in [0.5, 0.6) is 0 Å². The third-order valence-electron chi connectivity index (χ3n) is 2.13. The zero-order chi connectivity index (χ0) is 10.1. The molecule has 2 aromatic heterocycles. The molecule has 0 amide bonds. The fourth-order valence-corrected chi connectivity index (χ4v) is 1.30. The van der Waals surface area contributed by atoms with Gasteiger partial charge in [0.25, 0.3) is 0 Å². The molecule has 0 atom stereocenters. The number of hydrogen-bond donors (Lipinski definition) is 1. The SMILES string of the molecule is Cc1cn(-c2ncccc2C)nc1N. The van der Waals surface area contributed by atoms with E-state index in [1.807, 2.05) is 32.2 Å². The van der Waals surface area contributed by atoms with Crippen LogP contribution < -0.4 is 5.73 Å². The maximum absolute atomic E-state index is 5.67. The van der Waals surface area contributed by atoms with Crippen molar-refractivity contribution in [2.75, 3.05) is 5.73 Å². The smallest absolute Gasteiger partial charge is 0.156 e. The summed E-state index contributed by atoms with van der Waals surface area (Å²) in [6.45, 7) is 3.92. The largest absolute Gasteiger partial charge is 0.382 e. The predicted octanol–water partition coefficient (Wildman–Crippen LogP) is 1.47. The first kappa shape index (κ1) is 8.74. The maximum Gasteiger partial charge on any atom is 0.156 e. The van der Waals surface area contributed by atoms with Crippen LogP contribution in [0.25, 0.3) is 5.82 Å². The highest BCUT2D eigenvalue weighted by molar-refractivity contribution is 5.40. The molecule has 0 fully saturated rings. The monoisotopic (exact) mass is 188 g/mol. The molecule has 2 N–H and O–H groups in total. The minimum absolute atomic E-state index is 0.551. The number of aryl methyl sites for hydroxylation is 2. The van der Waals surface area contributed by atoms with Crippen molar-refractivity contribution < 1.29 is 0 Å². The van der Waals surface area contributed by atoms with Crippen molar-refractivity contribution in [1.29, 1.82) is 0 Å². The summed E-state index contributed by atoms with van der Waals surface area (Å²) in [5, 5.41) is 4.17. The first-order valence-corrected chi connectivity index (χ1v) is 4.42. The minimum atomic E-state index is 0.551. The van der Waals surface area contributed by atoms with Crippen molar-refractivity contribution in [3.8, 4) is 5.82 Å². The van der Waals surface area contributed by atoms with Crippen molar-refractivity contribution in [2.45, 2.75) is 13.8 Å². The van der Waals surface area contributed by atoms with Gasteiger partial charge in [-0.05, 0) is 25.5 Å². The summed E-state index contributed by atoms with van der Waals surface area (Å²) in [5.74, 6) is 1.38. The Hall–Kier alpha value is -1.84. The molecule has 72 valence electrons. The Bertz CT molecular complexity index is 439. The van der Waals surface area contributed by atoms with Gasteiger partial charge in [0.15, 0.2) is 5.82 Å². The van der Waals surface area contributed by atoms with Crippen LogP contribution in [-0.4, -0.2) is 14.8 Å². The number of aromatic nitrogens is 3. The molecule has 0 unspecified atom stereocenters. The molecule has 0 spiro atoms. The molecule has 0 radical (unpaired) electrons. The Balaban J connectivity index is 2.55. The van der Waals surface area contributed by atoms with Crippen molar-refractivity contribution in [2.24, 2.45) is 0 Å². The molecule has 0 aliphatic carbocycles. The summed E-state index contributed by atoms with van der Waals surface area (Å²) in [5.41, 5.74) is 7.71. The van der Waals surface area contributed by atoms with Gasteiger partial charge in [0.05, 0.1) is 0 Å². The van der Waals surface area contributed by atoms with Gasteiger partial charge in [-0.1, -0.05) is 6.07 Å². The topological polar surface area (TPSA) is 56.7 Å². The number of nitrogens with zero attached hydrogens (tertiary/aromatic N) is 3. The number of rotatable bonds is 1. The summed E-state index contributed by atoms with van der Waals surface area (Å²) >= 11 is 0. The molecule has 0 saturated heterocycles. The van der Waals surface area contributed by atoms with E-state index in [1.54, 1.807) is 10.9 Å². The van der Waals surface area contributed by atoms with Gasteiger partial charge in [-0.15, -0.1) is 5.10 Å². The van der Waals surface area contributed by atoms with Crippen molar-refractivity contribution >= 4 is 5.82 Å². The van der Waals surface area contributed by atoms with E-state index in [9.17, 15) is 0 Å². The lowest BCUT2D eigenvalue weighted by atomic mass is 10.3. The highest BCUT2D eigenvalue weighted by Gasteiger charge is 2.05. The average molecular weight is 188 g/mol. The number of pyridine rings is 1. The first-order chi connectivity index (χ1) is 6.68. The van der Waals surface area contributed by atoms with Crippen molar-refractivity contribution in [3.63, 3.8) is 0 Å². The quantitative estimate of drug-likeness (QED) is 0.737. The van der Waals surface area contributed by atoms with E-state index in [-0.39, 0.29) is 0 Å². The van der Waals surface area contributed by atoms with Crippen LogP contribution in [0, 0.1) is 13.8 Å². The second kappa shape index (κ2) is 3.14. The Labute approximate surface area is 82.4 Å². The van der Waals surface area contributed by atoms with Gasteiger partial charge >= 0.3 is 0 Å². The van der Waals surface area contributed by atoms with Crippen LogP contribution in [0.1, 0.15) is 11.1 Å². The van der Waals surface area contributed by atoms with E-state index in [0.29, 0.717) is 5.82 Å². The lowest BCUT2D eigenvalue weighted by Gasteiger charge is -2.02. The van der Waals surface area contributed by atoms with Crippen LogP contribution in [0.2, 0.25) is 0 Å². The first-order valence-electron chi connectivity index (χ1n) is 4.42. The van der Waals surface area contributed by atoms with Gasteiger partial charge in [0.1, 0.15) is 5.82 Å². The van der Waals surface area contributed by atoms with E-state index >= 15 is 0 Å². The highest BCUT2D eigenvalue weighted by Crippen LogP contribution is 2.13. The Kier molecular flexibility index (Phi) is 1.96. The second-order valence-corrected chi connectivity index (χ2v) is 3.29. The van der Waals surface area contributed by atoms with E-state index in [1.165, 1.54) is 0 Å². The molecule has 0 aliphatic heterocycles. The molecule has 2 rings (SSSR count). The molecule has 4 heteroatoms. The van der Waals surface area contributed by atoms with Crippen LogP contribution in [-0.2, 0) is 0 Å². The molecule has 0 bridgehead atoms. The van der Waals surface area contributed by atoms with E-state index in [0.717, 1.165) is 16.9 Å². The molecule has 2 aromatic rings. The molecular weight excluding hydrogens is 176 g/mol. The second-order valence-electron chi connectivity index (χ2n) is 3.29. The van der Waals surface area contributed by atoms with E-state index < -0.39 is 0 Å². The van der Waals surface area contributed by atoms with Gasteiger partial charge in [0, 0.05) is 18.0 Å². The van der Waals surface area contributed by atoms with Crippen LogP contribution in [0.3, 0.4) is 0 Å². The maximum atomic E-state index is 5.67. The van der Waals surface area contributed by atoms with Crippen molar-refractivity contribution in [3.05, 3.63) is 35.7 Å². The van der Waals surface area contributed by atoms with Gasteiger partial charge in [0.2, 0.25) is 0 Å². The van der Waals surface area contributed by atoms with Gasteiger partial charge in [-0.2, -0.15) is 0 Å². The Morgan fingerprint density at radius 3 is 2.64 bits per heavy atom. The molecule has 4 nitrogen and oxygen atoms in total. The number of hydrogen-bond acceptors (Lipinski definition) is 3. The molecule has 2 heterocycles. The fourth-order valence-electron chi connectivity index (χ4n) is 1.30. The van der Waals surface area contributed by atoms with Crippen LogP contribution >= 0.6 is 0 Å². The third-order valence-corrected chi connectivity index (χ3v) is 2.13. The summed E-state index contributed by atoms with van der Waals surface area (Å²) in [6, 6.07) is 3.90. The zero-order valence-electron chi connectivity index (χ0n) is 8.23. The fraction of sp³-hybridized carbons (Fsp3) is 0.200. The third kappa shape index (κ3) is 1.35. The van der Waals surface area contributed by atoms with Gasteiger partial charge < -0.3 is 5.73 Å². The Morgan fingerprint density at radius 1 is 1.29 bits per heavy atom. The van der Waals surface area contributed by atoms with E-state index in [2.05, 4.69) is 10.1 Å². The average Bonchev–Trinajstić information content (AvgIpc) is 2.48. The van der Waals surface area contributed by atoms with Crippen LogP contribution in [0.4, 0.5) is 5.82 Å². The number of nitrogens with two attached hydrogens (primary N) is 1. The normalized spacial score (nSPS) is 10.4. The molecule has 14 heavy (non-hydrogen) atoms. The lowest BCUT2D eigenvalue weighted by Crippen LogP contribution is -2.01. The van der Waals surface area contributed by atoms with Gasteiger partial charge in [-0.25, -0.2) is 9.67 Å². The summed E-state index contributed by atoms with van der Waals surface area (Å²) in [7, 11) is 0. The number of anilines is 1.